The van der Waals surface area contributed by atoms with Gasteiger partial charge in [-0.2, -0.15) is 0 Å². The van der Waals surface area contributed by atoms with Crippen LogP contribution >= 0.6 is 0 Å². The van der Waals surface area contributed by atoms with Crippen LogP contribution in [0.3, 0.4) is 0 Å². The third-order valence-electron chi connectivity index (χ3n) is 5.09. The second-order valence-corrected chi connectivity index (χ2v) is 6.77. The van der Waals surface area contributed by atoms with Gasteiger partial charge in [0.1, 0.15) is 0 Å². The average molecular weight is 364 g/mol. The quantitative estimate of drug-likeness (QED) is 0.767. The molecule has 3 aromatic rings. The number of aromatic nitrogens is 4. The molecular weight excluding hydrogens is 340 g/mol. The van der Waals surface area contributed by atoms with Gasteiger partial charge in [-0.25, -0.2) is 14.6 Å². The van der Waals surface area contributed by atoms with Gasteiger partial charge >= 0.3 is 0 Å². The van der Waals surface area contributed by atoms with E-state index in [-0.39, 0.29) is 5.56 Å². The largest absolute Gasteiger partial charge is 0.338 e. The van der Waals surface area contributed by atoms with Crippen molar-refractivity contribution < 1.29 is 0 Å². The van der Waals surface area contributed by atoms with Crippen molar-refractivity contribution in [2.24, 2.45) is 0 Å². The molecule has 27 heavy (non-hydrogen) atoms. The number of piperazine rings is 1. The van der Waals surface area contributed by atoms with Crippen LogP contribution in [0.15, 0.2) is 47.4 Å². The molecule has 0 unspecified atom stereocenters. The Bertz CT molecular complexity index is 970. The van der Waals surface area contributed by atoms with Crippen molar-refractivity contribution in [2.45, 2.75) is 13.8 Å². The molecule has 1 aliphatic heterocycles. The number of nitrogens with one attached hydrogen (secondary N) is 1. The summed E-state index contributed by atoms with van der Waals surface area (Å²) in [4.78, 5) is 26.3. The van der Waals surface area contributed by atoms with Crippen LogP contribution in [0.1, 0.15) is 12.6 Å². The van der Waals surface area contributed by atoms with E-state index in [0.717, 1.165) is 61.3 Å². The molecule has 0 radical (unpaired) electrons. The molecule has 1 N–H and O–H groups in total. The smallest absolute Gasteiger partial charge is 0.271 e. The van der Waals surface area contributed by atoms with Gasteiger partial charge < -0.3 is 9.80 Å². The maximum Gasteiger partial charge on any atom is 0.271 e. The van der Waals surface area contributed by atoms with Crippen LogP contribution < -0.4 is 10.5 Å². The summed E-state index contributed by atoms with van der Waals surface area (Å²) < 4.78 is 1.53. The summed E-state index contributed by atoms with van der Waals surface area (Å²) in [5, 5.41) is 3.17. The van der Waals surface area contributed by atoms with Crippen LogP contribution in [-0.4, -0.2) is 57.4 Å². The van der Waals surface area contributed by atoms with Crippen LogP contribution in [0.25, 0.3) is 16.9 Å². The molecule has 2 aromatic heterocycles. The number of benzene rings is 1. The number of likely N-dealkylation sites (N-methyl/N-ethyl adjacent to an activating group) is 1. The fourth-order valence-electron chi connectivity index (χ4n) is 3.44. The normalized spacial score (nSPS) is 15.3. The molecule has 1 aromatic carbocycles. The highest BCUT2D eigenvalue weighted by Gasteiger charge is 2.19. The predicted molar refractivity (Wildman–Crippen MR) is 106 cm³/mol. The van der Waals surface area contributed by atoms with E-state index in [4.69, 9.17) is 4.98 Å². The number of H-pyrrole nitrogens is 1. The lowest BCUT2D eigenvalue weighted by atomic mass is 10.2. The summed E-state index contributed by atoms with van der Waals surface area (Å²) in [7, 11) is 0. The molecule has 1 fully saturated rings. The van der Waals surface area contributed by atoms with Gasteiger partial charge in [0.25, 0.3) is 5.56 Å². The van der Waals surface area contributed by atoms with E-state index in [1.165, 1.54) is 4.68 Å². The number of aryl methyl sites for hydroxylation is 1. The Hall–Kier alpha value is -2.93. The summed E-state index contributed by atoms with van der Waals surface area (Å²) in [6.45, 7) is 9.18. The van der Waals surface area contributed by atoms with E-state index in [1.807, 2.05) is 43.5 Å². The van der Waals surface area contributed by atoms with Crippen molar-refractivity contribution in [1.29, 1.82) is 0 Å². The molecule has 4 rings (SSSR count). The molecule has 0 atom stereocenters. The first-order valence-corrected chi connectivity index (χ1v) is 9.34. The van der Waals surface area contributed by atoms with Crippen LogP contribution in [-0.2, 0) is 0 Å². The predicted octanol–water partition coefficient (Wildman–Crippen LogP) is 2.07. The molecule has 3 heterocycles. The summed E-state index contributed by atoms with van der Waals surface area (Å²) in [5.74, 6) is 0.761. The van der Waals surface area contributed by atoms with Crippen LogP contribution in [0.5, 0.6) is 0 Å². The van der Waals surface area contributed by atoms with Gasteiger partial charge in [0.2, 0.25) is 5.95 Å². The summed E-state index contributed by atoms with van der Waals surface area (Å²) in [5.41, 5.74) is 3.13. The van der Waals surface area contributed by atoms with E-state index in [2.05, 4.69) is 26.8 Å². The van der Waals surface area contributed by atoms with Crippen LogP contribution in [0.2, 0.25) is 0 Å². The topological polar surface area (TPSA) is 70.0 Å². The first-order valence-electron chi connectivity index (χ1n) is 9.34. The van der Waals surface area contributed by atoms with Crippen molar-refractivity contribution in [1.82, 2.24) is 24.6 Å². The summed E-state index contributed by atoms with van der Waals surface area (Å²) >= 11 is 0. The van der Waals surface area contributed by atoms with Gasteiger partial charge in [0.05, 0.1) is 17.1 Å². The van der Waals surface area contributed by atoms with Gasteiger partial charge in [-0.05, 0) is 25.6 Å². The minimum atomic E-state index is -0.102. The molecule has 7 heteroatoms. The van der Waals surface area contributed by atoms with Crippen molar-refractivity contribution in [3.05, 3.63) is 58.6 Å². The fraction of sp³-hybridized carbons (Fsp3) is 0.350. The highest BCUT2D eigenvalue weighted by Crippen LogP contribution is 2.21. The molecule has 0 spiro atoms. The number of anilines is 1. The third kappa shape index (κ3) is 3.50. The van der Waals surface area contributed by atoms with Crippen LogP contribution in [0, 0.1) is 6.92 Å². The number of hydrogen-bond donors (Lipinski definition) is 1. The Morgan fingerprint density at radius 1 is 1.11 bits per heavy atom. The van der Waals surface area contributed by atoms with E-state index in [9.17, 15) is 4.79 Å². The van der Waals surface area contributed by atoms with Gasteiger partial charge in [-0.3, -0.25) is 9.89 Å². The van der Waals surface area contributed by atoms with Gasteiger partial charge in [-0.15, -0.1) is 0 Å². The Morgan fingerprint density at radius 3 is 2.52 bits per heavy atom. The second-order valence-electron chi connectivity index (χ2n) is 6.77. The molecular formula is C20H24N6O. The minimum absolute atomic E-state index is 0.102. The van der Waals surface area contributed by atoms with Crippen molar-refractivity contribution in [3.8, 4) is 16.9 Å². The Balaban J connectivity index is 1.60. The number of hydrogen-bond acceptors (Lipinski definition) is 5. The Labute approximate surface area is 158 Å². The molecule has 140 valence electrons. The number of aromatic amines is 1. The van der Waals surface area contributed by atoms with Crippen molar-refractivity contribution in [3.63, 3.8) is 0 Å². The molecule has 1 aliphatic rings. The van der Waals surface area contributed by atoms with E-state index < -0.39 is 0 Å². The number of rotatable bonds is 4. The lowest BCUT2D eigenvalue weighted by Gasteiger charge is -2.34. The SMILES string of the molecule is CCN1CCN(c2ncc(-c3cc(=O)n(-c4ccccc4)[nH]3)c(C)n2)CC1. The molecule has 0 aliphatic carbocycles. The molecule has 0 amide bonds. The molecule has 0 bridgehead atoms. The zero-order valence-corrected chi connectivity index (χ0v) is 15.7. The zero-order valence-electron chi connectivity index (χ0n) is 15.7. The molecule has 1 saturated heterocycles. The third-order valence-corrected chi connectivity index (χ3v) is 5.09. The number of para-hydroxylation sites is 1. The lowest BCUT2D eigenvalue weighted by Crippen LogP contribution is -2.46. The highest BCUT2D eigenvalue weighted by molar-refractivity contribution is 5.61. The minimum Gasteiger partial charge on any atom is -0.338 e. The monoisotopic (exact) mass is 364 g/mol. The molecule has 0 saturated carbocycles. The Morgan fingerprint density at radius 2 is 1.85 bits per heavy atom. The summed E-state index contributed by atoms with van der Waals surface area (Å²) in [6, 6.07) is 11.1. The highest BCUT2D eigenvalue weighted by atomic mass is 16.1. The maximum atomic E-state index is 12.4. The van der Waals surface area contributed by atoms with E-state index in [0.29, 0.717) is 0 Å². The average Bonchev–Trinajstić information content (AvgIpc) is 3.10. The van der Waals surface area contributed by atoms with Gasteiger partial charge in [-0.1, -0.05) is 25.1 Å². The fourth-order valence-corrected chi connectivity index (χ4v) is 3.44. The first-order chi connectivity index (χ1) is 13.2. The summed E-state index contributed by atoms with van der Waals surface area (Å²) in [6.07, 6.45) is 1.81. The maximum absolute atomic E-state index is 12.4. The van der Waals surface area contributed by atoms with Crippen molar-refractivity contribution in [2.75, 3.05) is 37.6 Å². The van der Waals surface area contributed by atoms with E-state index >= 15 is 0 Å². The molecule has 7 nitrogen and oxygen atoms in total. The first kappa shape index (κ1) is 17.5. The zero-order chi connectivity index (χ0) is 18.8. The van der Waals surface area contributed by atoms with E-state index in [1.54, 1.807) is 6.07 Å². The Kier molecular flexibility index (Phi) is 4.77. The second kappa shape index (κ2) is 7.36. The van der Waals surface area contributed by atoms with Crippen LogP contribution in [0.4, 0.5) is 5.95 Å². The standard InChI is InChI=1S/C20H24N6O/c1-3-24-9-11-25(12-10-24)20-21-14-17(15(2)22-20)18-13-19(27)26(23-18)16-7-5-4-6-8-16/h4-8,13-14,23H,3,9-12H2,1-2H3. The van der Waals surface area contributed by atoms with Gasteiger partial charge in [0.15, 0.2) is 0 Å². The lowest BCUT2D eigenvalue weighted by molar-refractivity contribution is 0.270. The van der Waals surface area contributed by atoms with Gasteiger partial charge in [0, 0.05) is 44.0 Å². The van der Waals surface area contributed by atoms with Crippen molar-refractivity contribution >= 4 is 5.95 Å². The number of nitrogens with zero attached hydrogens (tertiary/aromatic N) is 5.